The molecule has 4 N–H and O–H groups in total. The predicted octanol–water partition coefficient (Wildman–Crippen LogP) is 1.27. The molecule has 1 aliphatic heterocycles. The summed E-state index contributed by atoms with van der Waals surface area (Å²) in [5.41, 5.74) is 1.66. The maximum absolute atomic E-state index is 11.6. The highest BCUT2D eigenvalue weighted by atomic mass is 16.5. The number of hydrogen-bond donors (Lipinski definition) is 4. The molecule has 1 saturated heterocycles. The quantitative estimate of drug-likeness (QED) is 0.578. The molecular weight excluding hydrogens is 308 g/mol. The molecule has 0 aliphatic carbocycles. The summed E-state index contributed by atoms with van der Waals surface area (Å²) in [4.78, 5) is 15.8. The van der Waals surface area contributed by atoms with Crippen LogP contribution < -0.4 is 16.2 Å². The highest BCUT2D eigenvalue weighted by molar-refractivity contribution is 5.81. The van der Waals surface area contributed by atoms with E-state index in [2.05, 4.69) is 25.8 Å². The fourth-order valence-corrected chi connectivity index (χ4v) is 3.09. The first-order chi connectivity index (χ1) is 11.7. The number of H-pyrrole nitrogens is 2. The summed E-state index contributed by atoms with van der Waals surface area (Å²) in [5, 5.41) is 13.0. The van der Waals surface area contributed by atoms with Gasteiger partial charge in [0.05, 0.1) is 42.5 Å². The second-order valence-corrected chi connectivity index (χ2v) is 6.22. The number of nitrogens with zero attached hydrogens (tertiary/aromatic N) is 2. The Bertz CT molecular complexity index is 895. The van der Waals surface area contributed by atoms with Gasteiger partial charge >= 0.3 is 0 Å². The third kappa shape index (κ3) is 3.00. The SMILES string of the molecule is Cn1cnc(NC2COCC(Nc3ccc4c(=O)[nH][nH]c4c3)C2)c1. The highest BCUT2D eigenvalue weighted by Crippen LogP contribution is 2.19. The Morgan fingerprint density at radius 3 is 2.88 bits per heavy atom. The van der Waals surface area contributed by atoms with Gasteiger partial charge in [-0.05, 0) is 24.6 Å². The maximum atomic E-state index is 11.6. The molecular formula is C16H20N6O2. The molecule has 8 nitrogen and oxygen atoms in total. The van der Waals surface area contributed by atoms with Gasteiger partial charge in [0.2, 0.25) is 0 Å². The van der Waals surface area contributed by atoms with Crippen molar-refractivity contribution in [2.75, 3.05) is 23.8 Å². The fraction of sp³-hybridized carbons (Fsp3) is 0.375. The van der Waals surface area contributed by atoms with E-state index in [4.69, 9.17) is 4.74 Å². The molecule has 3 heterocycles. The first-order valence-electron chi connectivity index (χ1n) is 7.96. The lowest BCUT2D eigenvalue weighted by molar-refractivity contribution is 0.0784. The van der Waals surface area contributed by atoms with Crippen LogP contribution in [0.4, 0.5) is 11.5 Å². The van der Waals surface area contributed by atoms with Gasteiger partial charge in [-0.1, -0.05) is 0 Å². The van der Waals surface area contributed by atoms with Gasteiger partial charge < -0.3 is 19.9 Å². The van der Waals surface area contributed by atoms with Gasteiger partial charge in [-0.3, -0.25) is 15.0 Å². The monoisotopic (exact) mass is 328 g/mol. The van der Waals surface area contributed by atoms with E-state index in [1.807, 2.05) is 36.0 Å². The number of aryl methyl sites for hydroxylation is 1. The van der Waals surface area contributed by atoms with Gasteiger partial charge in [-0.2, -0.15) is 0 Å². The van der Waals surface area contributed by atoms with E-state index in [9.17, 15) is 4.79 Å². The zero-order valence-electron chi connectivity index (χ0n) is 13.4. The minimum atomic E-state index is -0.0998. The van der Waals surface area contributed by atoms with Gasteiger partial charge in [-0.15, -0.1) is 0 Å². The number of aromatic amines is 2. The standard InChI is InChI=1S/C16H20N6O2/c1-22-6-15(17-9-22)19-12-4-11(7-24-8-12)18-10-2-3-13-14(5-10)20-21-16(13)23/h2-3,5-6,9,11-12,18-19H,4,7-8H2,1H3,(H2,20,21,23). The second kappa shape index (κ2) is 6.04. The highest BCUT2D eigenvalue weighted by Gasteiger charge is 2.23. The van der Waals surface area contributed by atoms with Crippen LogP contribution in [0.15, 0.2) is 35.5 Å². The number of hydrogen-bond acceptors (Lipinski definition) is 5. The molecule has 2 aromatic heterocycles. The van der Waals surface area contributed by atoms with E-state index in [0.717, 1.165) is 23.4 Å². The van der Waals surface area contributed by atoms with Crippen molar-refractivity contribution in [3.8, 4) is 0 Å². The summed E-state index contributed by atoms with van der Waals surface area (Å²) in [6.45, 7) is 1.32. The van der Waals surface area contributed by atoms with E-state index in [1.165, 1.54) is 0 Å². The van der Waals surface area contributed by atoms with Crippen molar-refractivity contribution in [1.29, 1.82) is 0 Å². The van der Waals surface area contributed by atoms with Crippen molar-refractivity contribution in [3.05, 3.63) is 41.1 Å². The minimum Gasteiger partial charge on any atom is -0.380 e. The van der Waals surface area contributed by atoms with E-state index < -0.39 is 0 Å². The van der Waals surface area contributed by atoms with Gasteiger partial charge in [0.1, 0.15) is 5.82 Å². The largest absolute Gasteiger partial charge is 0.380 e. The van der Waals surface area contributed by atoms with Crippen LogP contribution in [-0.4, -0.2) is 45.0 Å². The average Bonchev–Trinajstić information content (AvgIpc) is 3.14. The summed E-state index contributed by atoms with van der Waals surface area (Å²) in [5.74, 6) is 0.859. The van der Waals surface area contributed by atoms with Crippen molar-refractivity contribution in [2.45, 2.75) is 18.5 Å². The normalized spacial score (nSPS) is 21.0. The Morgan fingerprint density at radius 2 is 2.08 bits per heavy atom. The molecule has 1 aromatic carbocycles. The Kier molecular flexibility index (Phi) is 3.73. The lowest BCUT2D eigenvalue weighted by Gasteiger charge is -2.31. The Hall–Kier alpha value is -2.74. The Morgan fingerprint density at radius 1 is 1.25 bits per heavy atom. The lowest BCUT2D eigenvalue weighted by Crippen LogP contribution is -2.41. The van der Waals surface area contributed by atoms with Crippen molar-refractivity contribution >= 4 is 22.4 Å². The average molecular weight is 328 g/mol. The third-order valence-electron chi connectivity index (χ3n) is 4.21. The molecule has 8 heteroatoms. The molecule has 126 valence electrons. The van der Waals surface area contributed by atoms with Crippen LogP contribution in [-0.2, 0) is 11.8 Å². The van der Waals surface area contributed by atoms with E-state index in [1.54, 1.807) is 6.33 Å². The molecule has 0 amide bonds. The Labute approximate surface area is 138 Å². The molecule has 0 radical (unpaired) electrons. The number of ether oxygens (including phenoxy) is 1. The van der Waals surface area contributed by atoms with E-state index >= 15 is 0 Å². The zero-order valence-corrected chi connectivity index (χ0v) is 13.4. The topological polar surface area (TPSA) is 99.8 Å². The van der Waals surface area contributed by atoms with Crippen LogP contribution >= 0.6 is 0 Å². The van der Waals surface area contributed by atoms with Crippen LogP contribution in [0.1, 0.15) is 6.42 Å². The van der Waals surface area contributed by atoms with Crippen molar-refractivity contribution in [3.63, 3.8) is 0 Å². The number of imidazole rings is 1. The smallest absolute Gasteiger partial charge is 0.271 e. The second-order valence-electron chi connectivity index (χ2n) is 6.22. The van der Waals surface area contributed by atoms with Crippen LogP contribution in [0.5, 0.6) is 0 Å². The van der Waals surface area contributed by atoms with Gasteiger partial charge in [0.15, 0.2) is 0 Å². The number of rotatable bonds is 4. The number of benzene rings is 1. The van der Waals surface area contributed by atoms with Crippen molar-refractivity contribution in [1.82, 2.24) is 19.7 Å². The van der Waals surface area contributed by atoms with Crippen LogP contribution in [0.25, 0.3) is 10.9 Å². The van der Waals surface area contributed by atoms with Gasteiger partial charge in [0, 0.05) is 18.9 Å². The molecule has 2 atom stereocenters. The summed E-state index contributed by atoms with van der Waals surface area (Å²) in [7, 11) is 1.95. The number of aromatic nitrogens is 4. The molecule has 1 fully saturated rings. The first-order valence-corrected chi connectivity index (χ1v) is 7.96. The van der Waals surface area contributed by atoms with E-state index in [0.29, 0.717) is 18.6 Å². The molecule has 0 bridgehead atoms. The number of fused-ring (bicyclic) bond motifs is 1. The number of nitrogens with one attached hydrogen (secondary N) is 4. The zero-order chi connectivity index (χ0) is 16.5. The van der Waals surface area contributed by atoms with E-state index in [-0.39, 0.29) is 17.6 Å². The predicted molar refractivity (Wildman–Crippen MR) is 92.4 cm³/mol. The van der Waals surface area contributed by atoms with Crippen molar-refractivity contribution < 1.29 is 4.74 Å². The van der Waals surface area contributed by atoms with Crippen molar-refractivity contribution in [2.24, 2.45) is 7.05 Å². The van der Waals surface area contributed by atoms with Gasteiger partial charge in [-0.25, -0.2) is 4.98 Å². The Balaban J connectivity index is 1.42. The molecule has 3 aromatic rings. The minimum absolute atomic E-state index is 0.0998. The molecule has 0 saturated carbocycles. The summed E-state index contributed by atoms with van der Waals surface area (Å²) >= 11 is 0. The third-order valence-corrected chi connectivity index (χ3v) is 4.21. The van der Waals surface area contributed by atoms with Gasteiger partial charge in [0.25, 0.3) is 5.56 Å². The van der Waals surface area contributed by atoms with Crippen LogP contribution in [0, 0.1) is 0 Å². The number of anilines is 2. The summed E-state index contributed by atoms with van der Waals surface area (Å²) < 4.78 is 7.63. The lowest BCUT2D eigenvalue weighted by atomic mass is 10.1. The maximum Gasteiger partial charge on any atom is 0.271 e. The van der Waals surface area contributed by atoms with Crippen LogP contribution in [0.3, 0.4) is 0 Å². The molecule has 1 aliphatic rings. The van der Waals surface area contributed by atoms with Crippen LogP contribution in [0.2, 0.25) is 0 Å². The molecule has 0 spiro atoms. The fourth-order valence-electron chi connectivity index (χ4n) is 3.09. The summed E-state index contributed by atoms with van der Waals surface area (Å²) in [6.07, 6.45) is 4.65. The molecule has 2 unspecified atom stereocenters. The molecule has 24 heavy (non-hydrogen) atoms. The molecule has 4 rings (SSSR count). The summed E-state index contributed by atoms with van der Waals surface area (Å²) in [6, 6.07) is 6.08. The first kappa shape index (κ1) is 14.8.